The topological polar surface area (TPSA) is 102 Å². The Hall–Kier alpha value is -4.65. The van der Waals surface area contributed by atoms with Crippen molar-refractivity contribution < 1.29 is 38.1 Å². The predicted octanol–water partition coefficient (Wildman–Crippen LogP) is 9.00. The summed E-state index contributed by atoms with van der Waals surface area (Å²) in [6.07, 6.45) is 2.44. The maximum Gasteiger partial charge on any atom is 0.307 e. The minimum atomic E-state index is -0.947. The second-order valence-corrected chi connectivity index (χ2v) is 13.4. The van der Waals surface area contributed by atoms with E-state index in [2.05, 4.69) is 0 Å². The molecule has 4 aromatic heterocycles. The number of hydrogen-bond acceptors (Lipinski definition) is 6. The standard InChI is InChI=1S/C18H15ClFNO3S.C18H16FNO3S/c1-10-13(7-17(22)23)16-8-14(19)15(20)9-21(16)18(10)25-12-5-3-11(24-2)4-6-12;1-11-15(9-17(21)22)16-8-3-12(19)10-20(16)18(11)24-14-6-4-13(23-2)5-7-14/h3-6,8-9H,7H2,1-2H3,(H,22,23);3-8,10H,9H2,1-2H3,(H,21,22). The Balaban J connectivity index is 0.000000191. The van der Waals surface area contributed by atoms with Gasteiger partial charge in [0.15, 0.2) is 5.82 Å². The summed E-state index contributed by atoms with van der Waals surface area (Å²) in [6, 6.07) is 19.4. The number of nitrogens with zero attached hydrogens (tertiary/aromatic N) is 2. The van der Waals surface area contributed by atoms with Crippen LogP contribution in [0, 0.1) is 25.5 Å². The van der Waals surface area contributed by atoms with Crippen LogP contribution in [-0.2, 0) is 22.4 Å². The zero-order valence-corrected chi connectivity index (χ0v) is 29.2. The van der Waals surface area contributed by atoms with E-state index in [0.717, 1.165) is 42.5 Å². The molecule has 0 saturated heterocycles. The first-order valence-electron chi connectivity index (χ1n) is 14.7. The highest BCUT2D eigenvalue weighted by atomic mass is 35.5. The Morgan fingerprint density at radius 3 is 1.61 bits per heavy atom. The van der Waals surface area contributed by atoms with Crippen molar-refractivity contribution >= 4 is 58.1 Å². The lowest BCUT2D eigenvalue weighted by Gasteiger charge is -2.06. The van der Waals surface area contributed by atoms with Crippen LogP contribution < -0.4 is 9.47 Å². The van der Waals surface area contributed by atoms with Crippen LogP contribution in [-0.4, -0.2) is 45.2 Å². The van der Waals surface area contributed by atoms with Crippen molar-refractivity contribution in [2.75, 3.05) is 14.2 Å². The number of methoxy groups -OCH3 is 2. The number of carboxylic acid groups (broad SMARTS) is 2. The molecule has 0 spiro atoms. The minimum absolute atomic E-state index is 0.0300. The number of benzene rings is 2. The fraction of sp³-hybridized carbons (Fsp3) is 0.167. The summed E-state index contributed by atoms with van der Waals surface area (Å²) in [6.45, 7) is 3.71. The fourth-order valence-corrected chi connectivity index (χ4v) is 7.50. The first-order chi connectivity index (χ1) is 23.4. The Morgan fingerprint density at radius 1 is 0.714 bits per heavy atom. The van der Waals surface area contributed by atoms with E-state index in [4.69, 9.17) is 26.2 Å². The van der Waals surface area contributed by atoms with E-state index in [0.29, 0.717) is 22.2 Å². The van der Waals surface area contributed by atoms with E-state index < -0.39 is 17.8 Å². The molecule has 0 aliphatic heterocycles. The van der Waals surface area contributed by atoms with E-state index in [1.165, 1.54) is 48.1 Å². The van der Waals surface area contributed by atoms with E-state index >= 15 is 0 Å². The van der Waals surface area contributed by atoms with Crippen LogP contribution in [0.15, 0.2) is 99.0 Å². The molecule has 0 atom stereocenters. The highest BCUT2D eigenvalue weighted by Crippen LogP contribution is 2.38. The molecular formula is C36H31ClF2N2O6S2. The third-order valence-corrected chi connectivity index (χ3v) is 10.4. The van der Waals surface area contributed by atoms with Gasteiger partial charge in [-0.05, 0) is 103 Å². The number of carboxylic acids is 2. The van der Waals surface area contributed by atoms with Gasteiger partial charge in [-0.3, -0.25) is 9.59 Å². The van der Waals surface area contributed by atoms with Gasteiger partial charge in [-0.15, -0.1) is 0 Å². The molecule has 0 amide bonds. The number of halogens is 3. The summed E-state index contributed by atoms with van der Waals surface area (Å²) in [5.41, 5.74) is 4.30. The van der Waals surface area contributed by atoms with Crippen molar-refractivity contribution in [1.82, 2.24) is 8.80 Å². The average molecular weight is 725 g/mol. The molecule has 49 heavy (non-hydrogen) atoms. The lowest BCUT2D eigenvalue weighted by molar-refractivity contribution is -0.137. The fourth-order valence-electron chi connectivity index (χ4n) is 5.31. The zero-order valence-electron chi connectivity index (χ0n) is 26.8. The van der Waals surface area contributed by atoms with Crippen molar-refractivity contribution in [3.63, 3.8) is 0 Å². The third kappa shape index (κ3) is 7.98. The Bertz CT molecular complexity index is 2170. The number of hydrogen-bond donors (Lipinski definition) is 2. The van der Waals surface area contributed by atoms with Crippen LogP contribution in [0.1, 0.15) is 22.3 Å². The lowest BCUT2D eigenvalue weighted by Crippen LogP contribution is -2.01. The number of pyridine rings is 2. The molecule has 0 radical (unpaired) electrons. The Kier molecular flexibility index (Phi) is 11.1. The van der Waals surface area contributed by atoms with Gasteiger partial charge < -0.3 is 28.5 Å². The summed E-state index contributed by atoms with van der Waals surface area (Å²) in [5.74, 6) is -1.27. The molecule has 0 fully saturated rings. The average Bonchev–Trinajstić information content (AvgIpc) is 3.46. The molecule has 254 valence electrons. The largest absolute Gasteiger partial charge is 0.497 e. The molecule has 2 aromatic carbocycles. The zero-order chi connectivity index (χ0) is 35.4. The lowest BCUT2D eigenvalue weighted by atomic mass is 10.1. The van der Waals surface area contributed by atoms with Crippen molar-refractivity contribution in [2.24, 2.45) is 0 Å². The highest BCUT2D eigenvalue weighted by molar-refractivity contribution is 7.99. The molecule has 0 saturated carbocycles. The van der Waals surface area contributed by atoms with E-state index in [9.17, 15) is 23.5 Å². The summed E-state index contributed by atoms with van der Waals surface area (Å²) in [7, 11) is 3.20. The monoisotopic (exact) mass is 724 g/mol. The molecule has 6 rings (SSSR count). The maximum atomic E-state index is 14.0. The van der Waals surface area contributed by atoms with E-state index in [1.807, 2.05) is 62.4 Å². The van der Waals surface area contributed by atoms with Gasteiger partial charge in [-0.25, -0.2) is 8.78 Å². The van der Waals surface area contributed by atoms with Crippen molar-refractivity contribution in [3.05, 3.63) is 118 Å². The smallest absolute Gasteiger partial charge is 0.307 e. The number of aliphatic carboxylic acids is 2. The Labute approximate surface area is 294 Å². The van der Waals surface area contributed by atoms with Gasteiger partial charge in [0, 0.05) is 22.2 Å². The van der Waals surface area contributed by atoms with Crippen LogP contribution in [0.3, 0.4) is 0 Å². The number of fused-ring (bicyclic) bond motifs is 2. The maximum absolute atomic E-state index is 14.0. The molecule has 6 aromatic rings. The van der Waals surface area contributed by atoms with Crippen LogP contribution in [0.4, 0.5) is 8.78 Å². The number of aromatic nitrogens is 2. The number of rotatable bonds is 10. The summed E-state index contributed by atoms with van der Waals surface area (Å²) in [5, 5.41) is 19.9. The molecule has 0 bridgehead atoms. The van der Waals surface area contributed by atoms with Crippen LogP contribution in [0.25, 0.3) is 11.0 Å². The SMILES string of the molecule is COc1ccc(Sc2c(C)c(CC(=O)O)c3cc(Cl)c(F)cn23)cc1.COc1ccc(Sc2c(C)c(CC(=O)O)c3ccc(F)cn23)cc1. The van der Waals surface area contributed by atoms with Crippen molar-refractivity contribution in [3.8, 4) is 11.5 Å². The number of carbonyl (C=O) groups is 2. The first-order valence-corrected chi connectivity index (χ1v) is 16.8. The van der Waals surface area contributed by atoms with Gasteiger partial charge in [0.2, 0.25) is 0 Å². The van der Waals surface area contributed by atoms with Gasteiger partial charge in [0.05, 0.1) is 53.2 Å². The third-order valence-electron chi connectivity index (χ3n) is 7.71. The second-order valence-electron chi connectivity index (χ2n) is 10.8. The molecule has 0 unspecified atom stereocenters. The second kappa shape index (κ2) is 15.3. The van der Waals surface area contributed by atoms with E-state index in [1.54, 1.807) is 29.1 Å². The molecule has 4 heterocycles. The Morgan fingerprint density at radius 2 is 1.16 bits per heavy atom. The van der Waals surface area contributed by atoms with Crippen LogP contribution in [0.5, 0.6) is 11.5 Å². The minimum Gasteiger partial charge on any atom is -0.497 e. The highest BCUT2D eigenvalue weighted by Gasteiger charge is 2.21. The first kappa shape index (κ1) is 35.7. The normalized spacial score (nSPS) is 11.0. The molecule has 8 nitrogen and oxygen atoms in total. The van der Waals surface area contributed by atoms with Gasteiger partial charge in [-0.2, -0.15) is 0 Å². The van der Waals surface area contributed by atoms with Crippen molar-refractivity contribution in [2.45, 2.75) is 46.5 Å². The van der Waals surface area contributed by atoms with Gasteiger partial charge >= 0.3 is 11.9 Å². The predicted molar refractivity (Wildman–Crippen MR) is 186 cm³/mol. The summed E-state index contributed by atoms with van der Waals surface area (Å²) < 4.78 is 41.3. The quantitative estimate of drug-likeness (QED) is 0.144. The molecule has 0 aliphatic carbocycles. The molecular weight excluding hydrogens is 694 g/mol. The van der Waals surface area contributed by atoms with Crippen LogP contribution >= 0.6 is 35.1 Å². The molecule has 0 aliphatic rings. The van der Waals surface area contributed by atoms with Crippen molar-refractivity contribution in [1.29, 1.82) is 0 Å². The van der Waals surface area contributed by atoms with E-state index in [-0.39, 0.29) is 23.7 Å². The molecule has 13 heteroatoms. The van der Waals surface area contributed by atoms with Crippen LogP contribution in [0.2, 0.25) is 5.02 Å². The summed E-state index contributed by atoms with van der Waals surface area (Å²) >= 11 is 8.79. The summed E-state index contributed by atoms with van der Waals surface area (Å²) in [4.78, 5) is 24.3. The van der Waals surface area contributed by atoms with Gasteiger partial charge in [0.1, 0.15) is 17.3 Å². The van der Waals surface area contributed by atoms with Gasteiger partial charge in [0.25, 0.3) is 0 Å². The number of ether oxygens (including phenoxy) is 2. The van der Waals surface area contributed by atoms with Gasteiger partial charge in [-0.1, -0.05) is 35.1 Å². The molecule has 2 N–H and O–H groups in total.